The SMILES string of the molecule is CCNC(=NCc1cccc([N+](=O)[O-])c1)NCC(O)c1ccc(OC(C)C)cc1.I. The lowest BCUT2D eigenvalue weighted by atomic mass is 10.1. The second-order valence-electron chi connectivity index (χ2n) is 6.75. The molecular weight excluding hydrogens is 499 g/mol. The average molecular weight is 528 g/mol. The number of aliphatic hydroxyl groups excluding tert-OH is 1. The molecule has 8 nitrogen and oxygen atoms in total. The van der Waals surface area contributed by atoms with Crippen molar-refractivity contribution in [1.29, 1.82) is 0 Å². The molecule has 0 aromatic heterocycles. The molecule has 0 aliphatic heterocycles. The average Bonchev–Trinajstić information content (AvgIpc) is 2.70. The zero-order chi connectivity index (χ0) is 21.2. The number of halogens is 1. The molecule has 0 bridgehead atoms. The predicted octanol–water partition coefficient (Wildman–Crippen LogP) is 3.79. The third kappa shape index (κ3) is 8.54. The summed E-state index contributed by atoms with van der Waals surface area (Å²) in [4.78, 5) is 14.9. The van der Waals surface area contributed by atoms with Crippen molar-refractivity contribution in [1.82, 2.24) is 10.6 Å². The van der Waals surface area contributed by atoms with Gasteiger partial charge >= 0.3 is 0 Å². The molecule has 1 unspecified atom stereocenters. The van der Waals surface area contributed by atoms with Gasteiger partial charge in [0.2, 0.25) is 0 Å². The van der Waals surface area contributed by atoms with Crippen LogP contribution in [0.5, 0.6) is 5.75 Å². The van der Waals surface area contributed by atoms with Crippen LogP contribution >= 0.6 is 24.0 Å². The lowest BCUT2D eigenvalue weighted by Gasteiger charge is -2.16. The normalized spacial score (nSPS) is 12.1. The number of aliphatic hydroxyl groups is 1. The van der Waals surface area contributed by atoms with Crippen molar-refractivity contribution < 1.29 is 14.8 Å². The topological polar surface area (TPSA) is 109 Å². The van der Waals surface area contributed by atoms with E-state index in [4.69, 9.17) is 4.74 Å². The number of nitro groups is 1. The number of hydrogen-bond donors (Lipinski definition) is 3. The number of hydrogen-bond acceptors (Lipinski definition) is 5. The van der Waals surface area contributed by atoms with E-state index >= 15 is 0 Å². The van der Waals surface area contributed by atoms with E-state index in [1.54, 1.807) is 12.1 Å². The number of nitro benzene ring substituents is 1. The van der Waals surface area contributed by atoms with Crippen molar-refractivity contribution in [2.24, 2.45) is 4.99 Å². The Labute approximate surface area is 193 Å². The van der Waals surface area contributed by atoms with Gasteiger partial charge in [0.15, 0.2) is 5.96 Å². The third-order valence-electron chi connectivity index (χ3n) is 3.98. The molecule has 1 atom stereocenters. The van der Waals surface area contributed by atoms with Crippen LogP contribution in [0.3, 0.4) is 0 Å². The summed E-state index contributed by atoms with van der Waals surface area (Å²) in [6.07, 6.45) is -0.623. The summed E-state index contributed by atoms with van der Waals surface area (Å²) >= 11 is 0. The van der Waals surface area contributed by atoms with E-state index in [0.717, 1.165) is 16.9 Å². The fraction of sp³-hybridized carbons (Fsp3) is 0.381. The maximum Gasteiger partial charge on any atom is 0.269 e. The number of benzene rings is 2. The molecule has 0 amide bonds. The number of aliphatic imine (C=N–C) groups is 1. The zero-order valence-corrected chi connectivity index (χ0v) is 19.7. The van der Waals surface area contributed by atoms with Crippen LogP contribution in [0.1, 0.15) is 38.0 Å². The van der Waals surface area contributed by atoms with Crippen molar-refractivity contribution in [3.8, 4) is 5.75 Å². The van der Waals surface area contributed by atoms with Gasteiger partial charge in [-0.3, -0.25) is 10.1 Å². The van der Waals surface area contributed by atoms with E-state index in [-0.39, 0.29) is 48.9 Å². The van der Waals surface area contributed by atoms with E-state index in [0.29, 0.717) is 12.5 Å². The Morgan fingerprint density at radius 2 is 1.90 bits per heavy atom. The first-order valence-corrected chi connectivity index (χ1v) is 9.59. The summed E-state index contributed by atoms with van der Waals surface area (Å²) in [5.41, 5.74) is 1.54. The molecule has 0 fully saturated rings. The molecule has 9 heteroatoms. The summed E-state index contributed by atoms with van der Waals surface area (Å²) in [6, 6.07) is 13.7. The Hall–Kier alpha value is -2.40. The number of nitrogens with one attached hydrogen (secondary N) is 2. The van der Waals surface area contributed by atoms with Gasteiger partial charge < -0.3 is 20.5 Å². The molecule has 3 N–H and O–H groups in total. The molecule has 164 valence electrons. The first kappa shape index (κ1) is 25.6. The highest BCUT2D eigenvalue weighted by molar-refractivity contribution is 14.0. The summed E-state index contributed by atoms with van der Waals surface area (Å²) < 4.78 is 5.61. The van der Waals surface area contributed by atoms with E-state index in [1.807, 2.05) is 45.0 Å². The van der Waals surface area contributed by atoms with Crippen molar-refractivity contribution in [2.45, 2.75) is 39.5 Å². The minimum Gasteiger partial charge on any atom is -0.491 e. The lowest BCUT2D eigenvalue weighted by Crippen LogP contribution is -2.39. The summed E-state index contributed by atoms with van der Waals surface area (Å²) in [5.74, 6) is 1.29. The fourth-order valence-corrected chi connectivity index (χ4v) is 2.63. The molecule has 0 aliphatic carbocycles. The van der Waals surface area contributed by atoms with Crippen LogP contribution in [-0.2, 0) is 6.54 Å². The highest BCUT2D eigenvalue weighted by atomic mass is 127. The predicted molar refractivity (Wildman–Crippen MR) is 128 cm³/mol. The second kappa shape index (κ2) is 13.0. The van der Waals surface area contributed by atoms with Crippen molar-refractivity contribution in [2.75, 3.05) is 13.1 Å². The Morgan fingerprint density at radius 1 is 1.20 bits per heavy atom. The van der Waals surface area contributed by atoms with Gasteiger partial charge in [-0.05, 0) is 44.0 Å². The van der Waals surface area contributed by atoms with Crippen LogP contribution in [0.25, 0.3) is 0 Å². The van der Waals surface area contributed by atoms with Crippen molar-refractivity contribution in [3.05, 3.63) is 69.8 Å². The first-order valence-electron chi connectivity index (χ1n) is 9.59. The van der Waals surface area contributed by atoms with Gasteiger partial charge in [-0.1, -0.05) is 24.3 Å². The molecule has 0 saturated carbocycles. The van der Waals surface area contributed by atoms with Crippen LogP contribution in [0.15, 0.2) is 53.5 Å². The van der Waals surface area contributed by atoms with Crippen molar-refractivity contribution in [3.63, 3.8) is 0 Å². The molecule has 2 rings (SSSR count). The van der Waals surface area contributed by atoms with Crippen LogP contribution in [0.4, 0.5) is 5.69 Å². The smallest absolute Gasteiger partial charge is 0.269 e. The second-order valence-corrected chi connectivity index (χ2v) is 6.75. The highest BCUT2D eigenvalue weighted by Crippen LogP contribution is 2.18. The van der Waals surface area contributed by atoms with E-state index in [1.165, 1.54) is 12.1 Å². The number of rotatable bonds is 9. The van der Waals surface area contributed by atoms with Gasteiger partial charge in [-0.15, -0.1) is 24.0 Å². The number of non-ortho nitro benzene ring substituents is 1. The van der Waals surface area contributed by atoms with E-state index in [2.05, 4.69) is 15.6 Å². The highest BCUT2D eigenvalue weighted by Gasteiger charge is 2.10. The lowest BCUT2D eigenvalue weighted by molar-refractivity contribution is -0.384. The van der Waals surface area contributed by atoms with Gasteiger partial charge in [-0.2, -0.15) is 0 Å². The number of ether oxygens (including phenoxy) is 1. The van der Waals surface area contributed by atoms with Crippen LogP contribution in [0, 0.1) is 10.1 Å². The summed E-state index contributed by atoms with van der Waals surface area (Å²) in [6.45, 7) is 7.07. The fourth-order valence-electron chi connectivity index (χ4n) is 2.63. The minimum absolute atomic E-state index is 0. The number of guanidine groups is 1. The molecule has 30 heavy (non-hydrogen) atoms. The zero-order valence-electron chi connectivity index (χ0n) is 17.4. The Balaban J connectivity index is 0.00000450. The maximum absolute atomic E-state index is 10.9. The minimum atomic E-state index is -0.718. The summed E-state index contributed by atoms with van der Waals surface area (Å²) in [5, 5.41) is 27.5. The largest absolute Gasteiger partial charge is 0.491 e. The van der Waals surface area contributed by atoms with Gasteiger partial charge in [0.25, 0.3) is 5.69 Å². The molecule has 0 heterocycles. The van der Waals surface area contributed by atoms with E-state index < -0.39 is 11.0 Å². The Kier molecular flexibility index (Phi) is 11.1. The van der Waals surface area contributed by atoms with Crippen molar-refractivity contribution >= 4 is 35.6 Å². The van der Waals surface area contributed by atoms with E-state index in [9.17, 15) is 15.2 Å². The molecule has 0 saturated heterocycles. The maximum atomic E-state index is 10.9. The summed E-state index contributed by atoms with van der Waals surface area (Å²) in [7, 11) is 0. The quantitative estimate of drug-likeness (QED) is 0.150. The standard InChI is InChI=1S/C21H28N4O4.HI/c1-4-22-21(23-13-16-6-5-7-18(12-16)25(27)28)24-14-20(26)17-8-10-19(11-9-17)29-15(2)3;/h5-12,15,20,26H,4,13-14H2,1-3H3,(H2,22,23,24);1H. The molecule has 0 aliphatic rings. The Bertz CT molecular complexity index is 828. The number of nitrogens with zero attached hydrogens (tertiary/aromatic N) is 2. The van der Waals surface area contributed by atoms with Gasteiger partial charge in [-0.25, -0.2) is 4.99 Å². The van der Waals surface area contributed by atoms with Gasteiger partial charge in [0, 0.05) is 25.2 Å². The van der Waals surface area contributed by atoms with Crippen LogP contribution < -0.4 is 15.4 Å². The van der Waals surface area contributed by atoms with Crippen LogP contribution in [0.2, 0.25) is 0 Å². The third-order valence-corrected chi connectivity index (χ3v) is 3.98. The van der Waals surface area contributed by atoms with Crippen LogP contribution in [-0.4, -0.2) is 35.2 Å². The monoisotopic (exact) mass is 528 g/mol. The molecule has 2 aromatic carbocycles. The van der Waals surface area contributed by atoms with Gasteiger partial charge in [0.1, 0.15) is 5.75 Å². The van der Waals surface area contributed by atoms with Gasteiger partial charge in [0.05, 0.1) is 23.7 Å². The first-order chi connectivity index (χ1) is 13.9. The molecular formula is C21H29IN4O4. The molecule has 0 radical (unpaired) electrons. The molecule has 2 aromatic rings. The Morgan fingerprint density at radius 3 is 2.50 bits per heavy atom. The molecule has 0 spiro atoms.